The number of nitrogens with zero attached hydrogens (tertiary/aromatic N) is 1. The largest absolute Gasteiger partial charge is 0.508 e. The van der Waals surface area contributed by atoms with E-state index >= 15 is 0 Å². The molecule has 6 atom stereocenters. The number of aromatic hydroxyl groups is 1. The van der Waals surface area contributed by atoms with Gasteiger partial charge in [0.2, 0.25) is 5.78 Å². The van der Waals surface area contributed by atoms with Crippen LogP contribution in [-0.2, 0) is 23.9 Å². The number of fused-ring (bicyclic) bond motifs is 3. The molecule has 0 bridgehead atoms. The van der Waals surface area contributed by atoms with Gasteiger partial charge in [-0.3, -0.25) is 19.3 Å². The van der Waals surface area contributed by atoms with Crippen molar-refractivity contribution in [2.45, 2.75) is 44.4 Å². The third-order valence-electron chi connectivity index (χ3n) is 7.76. The van der Waals surface area contributed by atoms with E-state index in [4.69, 9.17) is 5.73 Å². The Labute approximate surface area is 230 Å². The fourth-order valence-corrected chi connectivity index (χ4v) is 5.99. The van der Waals surface area contributed by atoms with Gasteiger partial charge >= 0.3 is 5.97 Å². The van der Waals surface area contributed by atoms with Gasteiger partial charge in [0.25, 0.3) is 5.91 Å². The van der Waals surface area contributed by atoms with Crippen LogP contribution < -0.4 is 5.73 Å². The van der Waals surface area contributed by atoms with Crippen molar-refractivity contribution < 1.29 is 49.4 Å². The van der Waals surface area contributed by atoms with E-state index in [1.165, 1.54) is 38.2 Å². The summed E-state index contributed by atoms with van der Waals surface area (Å²) in [5, 5.41) is 56.4. The summed E-state index contributed by atoms with van der Waals surface area (Å²) in [4.78, 5) is 51.9. The molecular weight excluding hydrogens is 524 g/mol. The number of methoxy groups -OCH3 is 1. The molecule has 0 heterocycles. The fraction of sp³-hybridized carbons (Fsp3) is 0.429. The van der Waals surface area contributed by atoms with Crippen molar-refractivity contribution in [1.29, 1.82) is 0 Å². The monoisotopic (exact) mass is 558 g/mol. The lowest BCUT2D eigenvalue weighted by Crippen LogP contribution is -2.70. The topological polar surface area (TPSA) is 208 Å². The molecule has 7 N–H and O–H groups in total. The maximum Gasteiger partial charge on any atom is 0.330 e. The number of Topliss-reactive ketones (excluding diaryl/α,β-unsaturated/α-hetero) is 2. The number of phenols is 1. The molecule has 1 amide bonds. The van der Waals surface area contributed by atoms with Gasteiger partial charge in [-0.2, -0.15) is 0 Å². The molecule has 12 heteroatoms. The maximum atomic E-state index is 13.9. The molecule has 1 saturated carbocycles. The van der Waals surface area contributed by atoms with E-state index in [9.17, 15) is 44.7 Å². The first-order valence-corrected chi connectivity index (χ1v) is 12.7. The summed E-state index contributed by atoms with van der Waals surface area (Å²) in [5.74, 6) is -10.4. The van der Waals surface area contributed by atoms with Crippen LogP contribution in [0.1, 0.15) is 43.4 Å². The van der Waals surface area contributed by atoms with Gasteiger partial charge in [-0.1, -0.05) is 32.9 Å². The zero-order valence-corrected chi connectivity index (χ0v) is 23.0. The number of rotatable bonds is 4. The highest BCUT2D eigenvalue weighted by Gasteiger charge is 2.68. The van der Waals surface area contributed by atoms with Crippen LogP contribution in [0.5, 0.6) is 5.75 Å². The zero-order chi connectivity index (χ0) is 30.4. The number of aliphatic hydroxyl groups excluding tert-OH is 3. The van der Waals surface area contributed by atoms with Crippen LogP contribution in [0.25, 0.3) is 11.8 Å². The molecule has 3 aliphatic rings. The van der Waals surface area contributed by atoms with E-state index in [0.29, 0.717) is 5.56 Å². The summed E-state index contributed by atoms with van der Waals surface area (Å²) in [7, 11) is 4.04. The molecule has 0 aromatic heterocycles. The lowest BCUT2D eigenvalue weighted by molar-refractivity contribution is -0.169. The van der Waals surface area contributed by atoms with Gasteiger partial charge in [-0.15, -0.1) is 0 Å². The molecule has 0 aliphatic heterocycles. The Hall–Kier alpha value is -4.00. The number of carbonyl (C=O) groups is 4. The quantitative estimate of drug-likeness (QED) is 0.172. The van der Waals surface area contributed by atoms with Crippen molar-refractivity contribution in [1.82, 2.24) is 4.90 Å². The van der Waals surface area contributed by atoms with Crippen molar-refractivity contribution in [3.8, 4) is 5.75 Å². The van der Waals surface area contributed by atoms with Gasteiger partial charge in [0.15, 0.2) is 11.4 Å². The number of carbonyl (C=O) groups excluding carboxylic acids is 4. The Morgan fingerprint density at radius 1 is 1.12 bits per heavy atom. The summed E-state index contributed by atoms with van der Waals surface area (Å²) in [6, 6.07) is 1.59. The Morgan fingerprint density at radius 3 is 2.25 bits per heavy atom. The second kappa shape index (κ2) is 10.9. The molecule has 0 unspecified atom stereocenters. The number of esters is 1. The average Bonchev–Trinajstić information content (AvgIpc) is 2.90. The number of hydrogen-bond donors (Lipinski definition) is 6. The average molecular weight is 559 g/mol. The predicted octanol–water partition coefficient (Wildman–Crippen LogP) is 0.708. The SMILES string of the molecule is CC.COC(=O)/C=C/c1ccc2c(c1O)C(O)=C1C(=O)[C@]3(O)C(O)=C(C(N)=O)C(=O)[C@@H](N(C)C)[C@@H]3[C@@H](O)[C@@H]1[C@H]2C. The molecular formula is C28H34N2O10. The van der Waals surface area contributed by atoms with Crippen LogP contribution in [0.4, 0.5) is 0 Å². The fourth-order valence-electron chi connectivity index (χ4n) is 5.99. The summed E-state index contributed by atoms with van der Waals surface area (Å²) < 4.78 is 4.53. The molecule has 1 fully saturated rings. The molecule has 216 valence electrons. The normalized spacial score (nSPS) is 29.5. The number of ketones is 2. The smallest absolute Gasteiger partial charge is 0.330 e. The molecule has 12 nitrogen and oxygen atoms in total. The molecule has 40 heavy (non-hydrogen) atoms. The third-order valence-corrected chi connectivity index (χ3v) is 7.76. The number of hydrogen-bond acceptors (Lipinski definition) is 11. The minimum atomic E-state index is -2.98. The minimum Gasteiger partial charge on any atom is -0.508 e. The van der Waals surface area contributed by atoms with Crippen LogP contribution in [0.15, 0.2) is 35.1 Å². The third kappa shape index (κ3) is 4.19. The number of likely N-dealkylation sites (N-methyl/N-ethyl adjacent to an activating group) is 1. The zero-order valence-electron chi connectivity index (χ0n) is 23.0. The molecule has 1 aromatic rings. The number of nitrogens with two attached hydrogens (primary N) is 1. The van der Waals surface area contributed by atoms with Crippen LogP contribution in [0.2, 0.25) is 0 Å². The number of phenolic OH excluding ortho intramolecular Hbond substituents is 1. The van der Waals surface area contributed by atoms with Crippen LogP contribution in [0, 0.1) is 11.8 Å². The summed E-state index contributed by atoms with van der Waals surface area (Å²) in [6.45, 7) is 5.63. The van der Waals surface area contributed by atoms with Gasteiger partial charge in [0, 0.05) is 23.1 Å². The van der Waals surface area contributed by atoms with E-state index in [-0.39, 0.29) is 11.1 Å². The Kier molecular flexibility index (Phi) is 8.30. The van der Waals surface area contributed by atoms with Gasteiger partial charge in [0.05, 0.1) is 30.7 Å². The van der Waals surface area contributed by atoms with Gasteiger partial charge < -0.3 is 36.0 Å². The Morgan fingerprint density at radius 2 is 1.73 bits per heavy atom. The first-order valence-electron chi connectivity index (χ1n) is 12.7. The van der Waals surface area contributed by atoms with Gasteiger partial charge in [-0.05, 0) is 31.7 Å². The van der Waals surface area contributed by atoms with E-state index in [1.54, 1.807) is 13.0 Å². The van der Waals surface area contributed by atoms with E-state index < -0.39 is 87.4 Å². The summed E-state index contributed by atoms with van der Waals surface area (Å²) in [6.07, 6.45) is 0.601. The number of aliphatic hydroxyl groups is 4. The maximum absolute atomic E-state index is 13.9. The van der Waals surface area contributed by atoms with Crippen LogP contribution >= 0.6 is 0 Å². The van der Waals surface area contributed by atoms with E-state index in [0.717, 1.165) is 6.08 Å². The molecule has 0 saturated heterocycles. The number of ether oxygens (including phenoxy) is 1. The molecule has 0 spiro atoms. The standard InChI is InChI=1S/C26H28N2O10.C2H6/c1-9-11-7-5-10(6-8-12(29)38-4)19(30)14(11)20(31)15-13(9)21(32)17-18(28(2)3)22(33)16(25(27)36)24(35)26(17,37)23(15)34;1-2/h5-9,13,17-18,21,30-32,35,37H,1-4H3,(H2,27,36);1-2H3/b8-6+;/t9-,13+,17+,18-,21-,26-;/m0./s1. The lowest BCUT2D eigenvalue weighted by Gasteiger charge is -2.53. The highest BCUT2D eigenvalue weighted by atomic mass is 16.5. The molecule has 1 aromatic carbocycles. The highest BCUT2D eigenvalue weighted by Crippen LogP contribution is 2.56. The van der Waals surface area contributed by atoms with Crippen molar-refractivity contribution in [2.75, 3.05) is 21.2 Å². The summed E-state index contributed by atoms with van der Waals surface area (Å²) in [5.41, 5.74) is 1.11. The summed E-state index contributed by atoms with van der Waals surface area (Å²) >= 11 is 0. The predicted molar refractivity (Wildman–Crippen MR) is 143 cm³/mol. The first kappa shape index (κ1) is 30.5. The van der Waals surface area contributed by atoms with Crippen molar-refractivity contribution >= 4 is 35.3 Å². The Balaban J connectivity index is 0.00000216. The molecule has 4 rings (SSSR count). The minimum absolute atomic E-state index is 0.0991. The van der Waals surface area contributed by atoms with Crippen LogP contribution in [-0.4, -0.2) is 92.8 Å². The second-order valence-corrected chi connectivity index (χ2v) is 9.87. The molecule has 0 radical (unpaired) electrons. The van der Waals surface area contributed by atoms with Gasteiger partial charge in [0.1, 0.15) is 22.8 Å². The highest BCUT2D eigenvalue weighted by molar-refractivity contribution is 6.24. The number of amides is 1. The van der Waals surface area contributed by atoms with E-state index in [1.807, 2.05) is 13.8 Å². The van der Waals surface area contributed by atoms with E-state index in [2.05, 4.69) is 4.74 Å². The lowest BCUT2D eigenvalue weighted by atomic mass is 9.54. The number of primary amides is 1. The first-order chi connectivity index (χ1) is 18.7. The number of benzene rings is 1. The van der Waals surface area contributed by atoms with Crippen molar-refractivity contribution in [3.05, 3.63) is 51.8 Å². The Bertz CT molecular complexity index is 1380. The van der Waals surface area contributed by atoms with Crippen LogP contribution in [0.3, 0.4) is 0 Å². The van der Waals surface area contributed by atoms with Crippen molar-refractivity contribution in [3.63, 3.8) is 0 Å². The van der Waals surface area contributed by atoms with Crippen molar-refractivity contribution in [2.24, 2.45) is 17.6 Å². The second-order valence-electron chi connectivity index (χ2n) is 9.87. The molecule has 3 aliphatic carbocycles. The van der Waals surface area contributed by atoms with Gasteiger partial charge in [-0.25, -0.2) is 4.79 Å².